The topological polar surface area (TPSA) is 58.6 Å². The Balaban J connectivity index is 1.70. The fraction of sp³-hybridized carbons (Fsp3) is 0.700. The molecule has 0 saturated carbocycles. The van der Waals surface area contributed by atoms with Gasteiger partial charge in [0.05, 0.1) is 9.92 Å². The highest BCUT2D eigenvalue weighted by Gasteiger charge is 2.51. The predicted molar refractivity (Wildman–Crippen MR) is 107 cm³/mol. The fourth-order valence-corrected chi connectivity index (χ4v) is 7.63. The SMILES string of the molecule is Cc1ccc(S(=O)(=O)C2CC3(CCNCC3)CN2C2CCOCC2)c(Cl)c1. The number of halogens is 1. The third-order valence-corrected chi connectivity index (χ3v) is 9.12. The van der Waals surface area contributed by atoms with E-state index in [0.29, 0.717) is 24.7 Å². The summed E-state index contributed by atoms with van der Waals surface area (Å²) in [7, 11) is -3.53. The van der Waals surface area contributed by atoms with E-state index < -0.39 is 15.2 Å². The highest BCUT2D eigenvalue weighted by Crippen LogP contribution is 2.47. The third kappa shape index (κ3) is 3.79. The average Bonchev–Trinajstić information content (AvgIpc) is 3.02. The van der Waals surface area contributed by atoms with E-state index in [9.17, 15) is 8.42 Å². The van der Waals surface area contributed by atoms with Gasteiger partial charge in [0, 0.05) is 25.8 Å². The van der Waals surface area contributed by atoms with E-state index in [2.05, 4.69) is 10.2 Å². The standard InChI is InChI=1S/C20H29ClN2O3S/c1-15-2-3-18(17(21)12-15)27(24,25)19-13-20(6-8-22-9-7-20)14-23(19)16-4-10-26-11-5-16/h2-3,12,16,19,22H,4-11,13-14H2,1H3. The van der Waals surface area contributed by atoms with Gasteiger partial charge < -0.3 is 10.1 Å². The summed E-state index contributed by atoms with van der Waals surface area (Å²) in [6.07, 6.45) is 4.60. The molecule has 3 aliphatic rings. The Morgan fingerprint density at radius 2 is 1.93 bits per heavy atom. The van der Waals surface area contributed by atoms with Crippen LogP contribution in [0.3, 0.4) is 0 Å². The van der Waals surface area contributed by atoms with Gasteiger partial charge >= 0.3 is 0 Å². The lowest BCUT2D eigenvalue weighted by molar-refractivity contribution is 0.0329. The minimum atomic E-state index is -3.53. The number of benzene rings is 1. The Labute approximate surface area is 167 Å². The molecule has 1 atom stereocenters. The Morgan fingerprint density at radius 1 is 1.22 bits per heavy atom. The molecule has 150 valence electrons. The molecule has 3 heterocycles. The van der Waals surface area contributed by atoms with E-state index in [-0.39, 0.29) is 16.4 Å². The van der Waals surface area contributed by atoms with Gasteiger partial charge in [-0.1, -0.05) is 17.7 Å². The highest BCUT2D eigenvalue weighted by atomic mass is 35.5. The van der Waals surface area contributed by atoms with Crippen molar-refractivity contribution < 1.29 is 13.2 Å². The Morgan fingerprint density at radius 3 is 2.59 bits per heavy atom. The first-order chi connectivity index (χ1) is 12.9. The first-order valence-electron chi connectivity index (χ1n) is 9.96. The van der Waals surface area contributed by atoms with Crippen LogP contribution in [0.1, 0.15) is 37.7 Å². The molecular weight excluding hydrogens is 384 g/mol. The summed E-state index contributed by atoms with van der Waals surface area (Å²) in [5, 5.41) is 3.28. The summed E-state index contributed by atoms with van der Waals surface area (Å²) in [6.45, 7) is 6.17. The van der Waals surface area contributed by atoms with Gasteiger partial charge in [-0.05, 0) is 75.2 Å². The Kier molecular flexibility index (Phi) is 5.56. The summed E-state index contributed by atoms with van der Waals surface area (Å²) in [4.78, 5) is 2.56. The zero-order chi connectivity index (χ0) is 19.1. The van der Waals surface area contributed by atoms with E-state index in [1.165, 1.54) is 0 Å². The van der Waals surface area contributed by atoms with E-state index >= 15 is 0 Å². The lowest BCUT2D eigenvalue weighted by Gasteiger charge is -2.37. The molecule has 1 aromatic carbocycles. The molecule has 3 saturated heterocycles. The predicted octanol–water partition coefficient (Wildman–Crippen LogP) is 3.00. The van der Waals surface area contributed by atoms with Crippen LogP contribution < -0.4 is 5.32 Å². The molecule has 3 aliphatic heterocycles. The van der Waals surface area contributed by atoms with E-state index in [1.807, 2.05) is 13.0 Å². The van der Waals surface area contributed by atoms with E-state index in [4.69, 9.17) is 16.3 Å². The van der Waals surface area contributed by atoms with Gasteiger partial charge in [-0.25, -0.2) is 8.42 Å². The van der Waals surface area contributed by atoms with Crippen LogP contribution in [0.4, 0.5) is 0 Å². The number of rotatable bonds is 3. The molecule has 4 rings (SSSR count). The van der Waals surface area contributed by atoms with Crippen LogP contribution in [-0.4, -0.2) is 57.6 Å². The molecular formula is C20H29ClN2O3S. The molecule has 1 N–H and O–H groups in total. The third-order valence-electron chi connectivity index (χ3n) is 6.57. The number of nitrogens with zero attached hydrogens (tertiary/aromatic N) is 1. The van der Waals surface area contributed by atoms with Crippen molar-refractivity contribution in [2.75, 3.05) is 32.8 Å². The van der Waals surface area contributed by atoms with Gasteiger partial charge in [0.15, 0.2) is 9.84 Å². The largest absolute Gasteiger partial charge is 0.381 e. The molecule has 1 aromatic rings. The number of sulfone groups is 1. The van der Waals surface area contributed by atoms with Crippen molar-refractivity contribution in [3.05, 3.63) is 28.8 Å². The summed E-state index contributed by atoms with van der Waals surface area (Å²) in [6, 6.07) is 5.55. The molecule has 0 bridgehead atoms. The number of nitrogens with one attached hydrogen (secondary N) is 1. The smallest absolute Gasteiger partial charge is 0.195 e. The van der Waals surface area contributed by atoms with Crippen LogP contribution in [0.2, 0.25) is 5.02 Å². The molecule has 1 spiro atoms. The Bertz CT molecular complexity index is 786. The summed E-state index contributed by atoms with van der Waals surface area (Å²) in [5.74, 6) is 0. The molecule has 1 unspecified atom stereocenters. The maximum atomic E-state index is 13.7. The lowest BCUT2D eigenvalue weighted by Crippen LogP contribution is -2.46. The summed E-state index contributed by atoms with van der Waals surface area (Å²) < 4.78 is 32.9. The van der Waals surface area contributed by atoms with Crippen LogP contribution in [0.25, 0.3) is 0 Å². The number of likely N-dealkylation sites (tertiary alicyclic amines) is 1. The second-order valence-corrected chi connectivity index (χ2v) is 10.9. The van der Waals surface area contributed by atoms with Gasteiger partial charge in [-0.3, -0.25) is 4.90 Å². The van der Waals surface area contributed by atoms with Crippen molar-refractivity contribution in [1.29, 1.82) is 0 Å². The highest BCUT2D eigenvalue weighted by molar-refractivity contribution is 7.92. The van der Waals surface area contributed by atoms with Crippen LogP contribution in [0.15, 0.2) is 23.1 Å². The van der Waals surface area contributed by atoms with Crippen molar-refractivity contribution in [3.8, 4) is 0 Å². The monoisotopic (exact) mass is 412 g/mol. The van der Waals surface area contributed by atoms with Gasteiger partial charge in [-0.2, -0.15) is 0 Å². The van der Waals surface area contributed by atoms with Crippen molar-refractivity contribution >= 4 is 21.4 Å². The average molecular weight is 413 g/mol. The van der Waals surface area contributed by atoms with Crippen molar-refractivity contribution in [2.24, 2.45) is 5.41 Å². The van der Waals surface area contributed by atoms with Crippen LogP contribution >= 0.6 is 11.6 Å². The molecule has 5 nitrogen and oxygen atoms in total. The van der Waals surface area contributed by atoms with Gasteiger partial charge in [0.25, 0.3) is 0 Å². The summed E-state index contributed by atoms with van der Waals surface area (Å²) in [5.41, 5.74) is 1.07. The number of hydrogen-bond acceptors (Lipinski definition) is 5. The lowest BCUT2D eigenvalue weighted by atomic mass is 9.78. The van der Waals surface area contributed by atoms with Crippen molar-refractivity contribution in [1.82, 2.24) is 10.2 Å². The van der Waals surface area contributed by atoms with Crippen LogP contribution in [0.5, 0.6) is 0 Å². The quantitative estimate of drug-likeness (QED) is 0.826. The zero-order valence-electron chi connectivity index (χ0n) is 15.9. The zero-order valence-corrected chi connectivity index (χ0v) is 17.5. The minimum Gasteiger partial charge on any atom is -0.381 e. The first kappa shape index (κ1) is 19.6. The maximum absolute atomic E-state index is 13.7. The molecule has 0 radical (unpaired) electrons. The van der Waals surface area contributed by atoms with Crippen LogP contribution in [0, 0.1) is 12.3 Å². The molecule has 0 aliphatic carbocycles. The first-order valence-corrected chi connectivity index (χ1v) is 11.9. The molecule has 7 heteroatoms. The number of hydrogen-bond donors (Lipinski definition) is 1. The summed E-state index contributed by atoms with van der Waals surface area (Å²) >= 11 is 6.38. The van der Waals surface area contributed by atoms with E-state index in [1.54, 1.807) is 12.1 Å². The second-order valence-electron chi connectivity index (χ2n) is 8.40. The second kappa shape index (κ2) is 7.64. The maximum Gasteiger partial charge on any atom is 0.195 e. The number of piperidine rings is 1. The molecule has 0 amide bonds. The van der Waals surface area contributed by atoms with Crippen molar-refractivity contribution in [2.45, 2.75) is 55.3 Å². The van der Waals surface area contributed by atoms with Gasteiger partial charge in [-0.15, -0.1) is 0 Å². The normalized spacial score (nSPS) is 27.3. The van der Waals surface area contributed by atoms with E-state index in [0.717, 1.165) is 50.9 Å². The fourth-order valence-electron chi connectivity index (χ4n) is 5.01. The van der Waals surface area contributed by atoms with Crippen molar-refractivity contribution in [3.63, 3.8) is 0 Å². The number of ether oxygens (including phenoxy) is 1. The molecule has 3 fully saturated rings. The van der Waals surface area contributed by atoms with Crippen LogP contribution in [-0.2, 0) is 14.6 Å². The number of aryl methyl sites for hydroxylation is 1. The molecule has 0 aromatic heterocycles. The van der Waals surface area contributed by atoms with Gasteiger partial charge in [0.1, 0.15) is 5.37 Å². The molecule has 27 heavy (non-hydrogen) atoms. The minimum absolute atomic E-state index is 0.0957. The van der Waals surface area contributed by atoms with Gasteiger partial charge in [0.2, 0.25) is 0 Å². The Hall–Kier alpha value is -0.660.